The van der Waals surface area contributed by atoms with Crippen molar-refractivity contribution in [3.05, 3.63) is 168 Å². The summed E-state index contributed by atoms with van der Waals surface area (Å²) in [6, 6.07) is 55.1. The zero-order valence-corrected chi connectivity index (χ0v) is 37.0. The molecule has 6 rings (SSSR count). The van der Waals surface area contributed by atoms with E-state index in [-0.39, 0.29) is 10.8 Å². The molecule has 0 heterocycles. The lowest BCUT2D eigenvalue weighted by Crippen LogP contribution is -2.19. The first-order valence-corrected chi connectivity index (χ1v) is 22.2. The lowest BCUT2D eigenvalue weighted by molar-refractivity contribution is 0.439. The molecule has 0 N–H and O–H groups in total. The van der Waals surface area contributed by atoms with E-state index in [1.165, 1.54) is 81.8 Å². The molecule has 1 unspecified atom stereocenters. The first-order valence-electron chi connectivity index (χ1n) is 22.2. The minimum atomic E-state index is 0.145. The van der Waals surface area contributed by atoms with Crippen molar-refractivity contribution in [2.75, 3.05) is 9.80 Å². The van der Waals surface area contributed by atoms with Crippen LogP contribution in [0.4, 0.5) is 34.1 Å². The summed E-state index contributed by atoms with van der Waals surface area (Å²) >= 11 is 0. The molecule has 3 heteroatoms. The minimum Gasteiger partial charge on any atom is -0.311 e. The maximum Gasteiger partial charge on any atom is 0.111 e. The van der Waals surface area contributed by atoms with Crippen LogP contribution in [0.25, 0.3) is 11.1 Å². The second kappa shape index (κ2) is 19.2. The van der Waals surface area contributed by atoms with E-state index in [4.69, 9.17) is 0 Å². The summed E-state index contributed by atoms with van der Waals surface area (Å²) in [5, 5.41) is 0. The lowest BCUT2D eigenvalue weighted by atomic mass is 9.78. The quantitative estimate of drug-likeness (QED) is 0.0804. The predicted molar refractivity (Wildman–Crippen MR) is 257 cm³/mol. The molecule has 6 aromatic rings. The van der Waals surface area contributed by atoms with Crippen molar-refractivity contribution in [2.24, 2.45) is 0 Å². The molecule has 1 atom stereocenters. The number of aryl methyl sites for hydroxylation is 1. The summed E-state index contributed by atoms with van der Waals surface area (Å²) in [6.07, 6.45) is 9.30. The molecule has 0 aliphatic carbocycles. The fourth-order valence-electron chi connectivity index (χ4n) is 8.18. The molecule has 0 aliphatic rings. The van der Waals surface area contributed by atoms with Gasteiger partial charge in [0.2, 0.25) is 0 Å². The third kappa shape index (κ3) is 9.63. The summed E-state index contributed by atoms with van der Waals surface area (Å²) < 4.78 is 0. The average Bonchev–Trinajstić information content (AvgIpc) is 3.27. The molecule has 0 radical (unpaired) electrons. The van der Waals surface area contributed by atoms with Gasteiger partial charge < -0.3 is 9.80 Å². The third-order valence-electron chi connectivity index (χ3n) is 13.2. The Morgan fingerprint density at radius 3 is 1.21 bits per heavy atom. The number of benzene rings is 6. The Morgan fingerprint density at radius 1 is 0.448 bits per heavy atom. The van der Waals surface area contributed by atoms with Crippen molar-refractivity contribution >= 4 is 42.0 Å². The number of nitrogens with zero attached hydrogens (tertiary/aromatic N) is 2. The zero-order valence-electron chi connectivity index (χ0n) is 37.0. The van der Waals surface area contributed by atoms with Gasteiger partial charge in [-0.05, 0) is 149 Å². The van der Waals surface area contributed by atoms with Crippen LogP contribution in [-0.2, 0) is 17.3 Å². The summed E-state index contributed by atoms with van der Waals surface area (Å²) in [7, 11) is 2.34. The van der Waals surface area contributed by atoms with Gasteiger partial charge in [-0.1, -0.05) is 153 Å². The van der Waals surface area contributed by atoms with E-state index in [1.54, 1.807) is 0 Å². The molecule has 0 aromatic heterocycles. The number of anilines is 6. The second-order valence-electron chi connectivity index (χ2n) is 17.4. The molecule has 0 spiro atoms. The molecule has 300 valence electrons. The second-order valence-corrected chi connectivity index (χ2v) is 17.4. The predicted octanol–water partition coefficient (Wildman–Crippen LogP) is 15.9. The van der Waals surface area contributed by atoms with Crippen LogP contribution in [0.1, 0.15) is 128 Å². The van der Waals surface area contributed by atoms with Crippen molar-refractivity contribution in [1.29, 1.82) is 0 Å². The topological polar surface area (TPSA) is 6.48 Å². The van der Waals surface area contributed by atoms with Gasteiger partial charge in [0.05, 0.1) is 0 Å². The summed E-state index contributed by atoms with van der Waals surface area (Å²) in [5.74, 6) is 0.556. The summed E-state index contributed by atoms with van der Waals surface area (Å²) in [4.78, 5) is 4.79. The molecule has 0 bridgehead atoms. The number of rotatable bonds is 18. The maximum atomic E-state index is 2.40. The molecule has 0 amide bonds. The van der Waals surface area contributed by atoms with Gasteiger partial charge in [-0.15, -0.1) is 0 Å². The SMILES string of the molecule is BC(CCC)c1ccc(N(c2ccc(-c3ccc(N(c4ccc(CCCC)cc4)c4ccc(C(C)(C)CC)cc4)cc3)cc2)c2ccc(C(C)(CC)CC)cc2)cc1. The Balaban J connectivity index is 1.32. The van der Waals surface area contributed by atoms with Crippen LogP contribution < -0.4 is 9.80 Å². The highest BCUT2D eigenvalue weighted by molar-refractivity contribution is 6.12. The first-order chi connectivity index (χ1) is 28.0. The van der Waals surface area contributed by atoms with E-state index < -0.39 is 0 Å². The first kappa shape index (κ1) is 42.6. The van der Waals surface area contributed by atoms with Crippen molar-refractivity contribution in [3.8, 4) is 11.1 Å². The highest BCUT2D eigenvalue weighted by atomic mass is 15.1. The van der Waals surface area contributed by atoms with Crippen molar-refractivity contribution < 1.29 is 0 Å². The van der Waals surface area contributed by atoms with Crippen LogP contribution in [-0.4, -0.2) is 7.85 Å². The van der Waals surface area contributed by atoms with Gasteiger partial charge in [0.25, 0.3) is 0 Å². The Hall–Kier alpha value is -5.02. The van der Waals surface area contributed by atoms with Crippen molar-refractivity contribution in [1.82, 2.24) is 0 Å². The van der Waals surface area contributed by atoms with Gasteiger partial charge in [0.15, 0.2) is 0 Å². The van der Waals surface area contributed by atoms with Gasteiger partial charge in [-0.2, -0.15) is 0 Å². The monoisotopic (exact) mass is 767 g/mol. The van der Waals surface area contributed by atoms with E-state index in [1.807, 2.05) is 0 Å². The van der Waals surface area contributed by atoms with Crippen LogP contribution in [0.15, 0.2) is 146 Å². The van der Waals surface area contributed by atoms with E-state index in [2.05, 4.69) is 219 Å². The molecule has 2 nitrogen and oxygen atoms in total. The van der Waals surface area contributed by atoms with Crippen LogP contribution >= 0.6 is 0 Å². The maximum absolute atomic E-state index is 2.40. The van der Waals surface area contributed by atoms with Gasteiger partial charge in [-0.3, -0.25) is 0 Å². The Kier molecular flexibility index (Phi) is 14.1. The average molecular weight is 767 g/mol. The normalized spacial score (nSPS) is 12.3. The fourth-order valence-corrected chi connectivity index (χ4v) is 8.18. The molecular formula is C55H67BN2. The Labute approximate surface area is 352 Å². The summed E-state index contributed by atoms with van der Waals surface area (Å²) in [5.41, 5.74) is 15.3. The van der Waals surface area contributed by atoms with E-state index in [0.717, 1.165) is 37.1 Å². The van der Waals surface area contributed by atoms with Gasteiger partial charge in [0.1, 0.15) is 7.85 Å². The third-order valence-corrected chi connectivity index (χ3v) is 13.2. The molecule has 6 aromatic carbocycles. The van der Waals surface area contributed by atoms with Gasteiger partial charge in [0, 0.05) is 34.1 Å². The van der Waals surface area contributed by atoms with Gasteiger partial charge >= 0.3 is 0 Å². The van der Waals surface area contributed by atoms with E-state index >= 15 is 0 Å². The van der Waals surface area contributed by atoms with Crippen LogP contribution in [0, 0.1) is 0 Å². The van der Waals surface area contributed by atoms with E-state index in [9.17, 15) is 0 Å². The highest BCUT2D eigenvalue weighted by Gasteiger charge is 2.23. The fraction of sp³-hybridized carbons (Fsp3) is 0.345. The van der Waals surface area contributed by atoms with Gasteiger partial charge in [-0.25, -0.2) is 0 Å². The minimum absolute atomic E-state index is 0.145. The Morgan fingerprint density at radius 2 is 0.828 bits per heavy atom. The lowest BCUT2D eigenvalue weighted by Gasteiger charge is -2.30. The van der Waals surface area contributed by atoms with E-state index in [0.29, 0.717) is 5.82 Å². The molecule has 0 saturated carbocycles. The highest BCUT2D eigenvalue weighted by Crippen LogP contribution is 2.40. The number of unbranched alkanes of at least 4 members (excludes halogenated alkanes) is 1. The zero-order chi connectivity index (χ0) is 41.3. The molecule has 0 saturated heterocycles. The molecule has 58 heavy (non-hydrogen) atoms. The largest absolute Gasteiger partial charge is 0.311 e. The molecule has 0 aliphatic heterocycles. The van der Waals surface area contributed by atoms with Crippen molar-refractivity contribution in [3.63, 3.8) is 0 Å². The Bertz CT molecular complexity index is 2140. The standard InChI is InChI=1S/C55H67BN2/c1-9-14-16-41-17-29-47(30-18-41)57(51-37-25-45(26-38-51)54(6,7)11-3)48-31-19-42(20-32-48)43-21-33-49(34-22-43)58(50-35-23-44(24-36-50)53(56)15-10-2)52-39-27-46(28-40-52)55(8,12-4)13-5/h17-40,53H,9-16,56H2,1-8H3. The number of hydrogen-bond acceptors (Lipinski definition) is 2. The van der Waals surface area contributed by atoms with Crippen LogP contribution in [0.2, 0.25) is 0 Å². The van der Waals surface area contributed by atoms with Crippen LogP contribution in [0.5, 0.6) is 0 Å². The molecule has 0 fully saturated rings. The van der Waals surface area contributed by atoms with Crippen molar-refractivity contribution in [2.45, 2.75) is 123 Å². The smallest absolute Gasteiger partial charge is 0.111 e. The summed E-state index contributed by atoms with van der Waals surface area (Å²) in [6.45, 7) is 18.4. The van der Waals surface area contributed by atoms with Crippen LogP contribution in [0.3, 0.4) is 0 Å². The molecular weight excluding hydrogens is 699 g/mol. The number of hydrogen-bond donors (Lipinski definition) is 0.